The van der Waals surface area contributed by atoms with Crippen LogP contribution in [-0.4, -0.2) is 17.2 Å². The summed E-state index contributed by atoms with van der Waals surface area (Å²) in [7, 11) is 0. The van der Waals surface area contributed by atoms with Crippen molar-refractivity contribution in [1.82, 2.24) is 5.43 Å². The molecule has 2 N–H and O–H groups in total. The molecule has 0 atom stereocenters. The van der Waals surface area contributed by atoms with Gasteiger partial charge in [-0.2, -0.15) is 5.10 Å². The Bertz CT molecular complexity index is 1010. The average Bonchev–Trinajstić information content (AvgIpc) is 2.71. The van der Waals surface area contributed by atoms with Crippen molar-refractivity contribution in [2.24, 2.45) is 5.10 Å². The number of phenols is 1. The van der Waals surface area contributed by atoms with Crippen LogP contribution in [0.15, 0.2) is 71.8 Å². The SMILES string of the molecule is O=C(NN=Cc1cc(Cl)cc(Cl)c1O)c1ccccc1OCc1ccccc1. The number of para-hydroxylation sites is 1. The summed E-state index contributed by atoms with van der Waals surface area (Å²) in [5.41, 5.74) is 4.02. The Morgan fingerprint density at radius 1 is 1.07 bits per heavy atom. The van der Waals surface area contributed by atoms with E-state index in [1.807, 2.05) is 30.3 Å². The predicted octanol–water partition coefficient (Wildman–Crippen LogP) is 5.04. The Morgan fingerprint density at radius 3 is 2.57 bits per heavy atom. The molecule has 0 unspecified atom stereocenters. The first-order valence-electron chi connectivity index (χ1n) is 8.32. The maximum absolute atomic E-state index is 12.5. The van der Waals surface area contributed by atoms with Crippen molar-refractivity contribution in [2.75, 3.05) is 0 Å². The molecule has 28 heavy (non-hydrogen) atoms. The smallest absolute Gasteiger partial charge is 0.275 e. The molecular weight excluding hydrogens is 399 g/mol. The number of hydrogen-bond acceptors (Lipinski definition) is 4. The molecule has 3 aromatic rings. The van der Waals surface area contributed by atoms with Gasteiger partial charge in [-0.1, -0.05) is 65.7 Å². The fourth-order valence-corrected chi connectivity index (χ4v) is 2.93. The lowest BCUT2D eigenvalue weighted by Crippen LogP contribution is -2.18. The van der Waals surface area contributed by atoms with E-state index in [1.54, 1.807) is 24.3 Å². The summed E-state index contributed by atoms with van der Waals surface area (Å²) < 4.78 is 5.77. The Kier molecular flexibility index (Phi) is 6.53. The van der Waals surface area contributed by atoms with Crippen molar-refractivity contribution < 1.29 is 14.6 Å². The van der Waals surface area contributed by atoms with E-state index in [0.29, 0.717) is 22.9 Å². The molecule has 7 heteroatoms. The number of hydrogen-bond donors (Lipinski definition) is 2. The van der Waals surface area contributed by atoms with Crippen LogP contribution in [0, 0.1) is 0 Å². The third-order valence-corrected chi connectivity index (χ3v) is 4.30. The molecule has 3 rings (SSSR count). The van der Waals surface area contributed by atoms with Gasteiger partial charge in [-0.3, -0.25) is 4.79 Å². The molecule has 0 spiro atoms. The van der Waals surface area contributed by atoms with Gasteiger partial charge in [0, 0.05) is 10.6 Å². The summed E-state index contributed by atoms with van der Waals surface area (Å²) in [6.45, 7) is 0.337. The van der Waals surface area contributed by atoms with Crippen LogP contribution in [-0.2, 0) is 6.61 Å². The number of benzene rings is 3. The molecule has 0 saturated carbocycles. The van der Waals surface area contributed by atoms with Gasteiger partial charge >= 0.3 is 0 Å². The van der Waals surface area contributed by atoms with Crippen molar-refractivity contribution in [2.45, 2.75) is 6.61 Å². The van der Waals surface area contributed by atoms with E-state index in [0.717, 1.165) is 5.56 Å². The highest BCUT2D eigenvalue weighted by Crippen LogP contribution is 2.30. The number of nitrogens with one attached hydrogen (secondary N) is 1. The fourth-order valence-electron chi connectivity index (χ4n) is 2.42. The van der Waals surface area contributed by atoms with Gasteiger partial charge in [0.15, 0.2) is 0 Å². The van der Waals surface area contributed by atoms with Crippen LogP contribution in [0.1, 0.15) is 21.5 Å². The highest BCUT2D eigenvalue weighted by atomic mass is 35.5. The molecule has 0 bridgehead atoms. The number of nitrogens with zero attached hydrogens (tertiary/aromatic N) is 1. The molecule has 5 nitrogen and oxygen atoms in total. The number of hydrazone groups is 1. The van der Waals surface area contributed by atoms with Crippen LogP contribution < -0.4 is 10.2 Å². The van der Waals surface area contributed by atoms with Gasteiger partial charge in [0.05, 0.1) is 16.8 Å². The zero-order valence-corrected chi connectivity index (χ0v) is 16.1. The lowest BCUT2D eigenvalue weighted by atomic mass is 10.2. The number of ether oxygens (including phenoxy) is 1. The molecule has 0 aliphatic heterocycles. The van der Waals surface area contributed by atoms with Gasteiger partial charge in [0.2, 0.25) is 0 Å². The van der Waals surface area contributed by atoms with E-state index in [2.05, 4.69) is 10.5 Å². The molecule has 142 valence electrons. The van der Waals surface area contributed by atoms with Crippen molar-refractivity contribution in [3.8, 4) is 11.5 Å². The second-order valence-corrected chi connectivity index (χ2v) is 6.64. The monoisotopic (exact) mass is 414 g/mol. The number of carbonyl (C=O) groups is 1. The standard InChI is InChI=1S/C21H16Cl2N2O3/c22-16-10-15(20(26)18(23)11-16)12-24-25-21(27)17-8-4-5-9-19(17)28-13-14-6-2-1-3-7-14/h1-12,26H,13H2,(H,25,27). The second kappa shape index (κ2) is 9.26. The van der Waals surface area contributed by atoms with Gasteiger partial charge in [0.1, 0.15) is 18.1 Å². The van der Waals surface area contributed by atoms with Crippen molar-refractivity contribution in [3.05, 3.63) is 93.5 Å². The highest BCUT2D eigenvalue weighted by Gasteiger charge is 2.12. The lowest BCUT2D eigenvalue weighted by molar-refractivity contribution is 0.0950. The second-order valence-electron chi connectivity index (χ2n) is 5.80. The molecule has 0 saturated heterocycles. The van der Waals surface area contributed by atoms with Crippen LogP contribution >= 0.6 is 23.2 Å². The van der Waals surface area contributed by atoms with E-state index < -0.39 is 5.91 Å². The molecule has 0 fully saturated rings. The minimum atomic E-state index is -0.451. The van der Waals surface area contributed by atoms with Crippen LogP contribution in [0.2, 0.25) is 10.0 Å². The van der Waals surface area contributed by atoms with Crippen LogP contribution in [0.4, 0.5) is 0 Å². The molecule has 0 aliphatic rings. The zero-order valence-electron chi connectivity index (χ0n) is 14.6. The average molecular weight is 415 g/mol. The van der Waals surface area contributed by atoms with E-state index in [-0.39, 0.29) is 16.3 Å². The molecule has 1 amide bonds. The first-order chi connectivity index (χ1) is 13.5. The summed E-state index contributed by atoms with van der Waals surface area (Å²) in [6.07, 6.45) is 1.26. The van der Waals surface area contributed by atoms with Crippen molar-refractivity contribution in [1.29, 1.82) is 0 Å². The fraction of sp³-hybridized carbons (Fsp3) is 0.0476. The number of rotatable bonds is 6. The van der Waals surface area contributed by atoms with E-state index >= 15 is 0 Å². The highest BCUT2D eigenvalue weighted by molar-refractivity contribution is 6.36. The molecule has 0 aromatic heterocycles. The van der Waals surface area contributed by atoms with E-state index in [1.165, 1.54) is 18.3 Å². The van der Waals surface area contributed by atoms with Crippen LogP contribution in [0.5, 0.6) is 11.5 Å². The van der Waals surface area contributed by atoms with Crippen LogP contribution in [0.25, 0.3) is 0 Å². The number of amides is 1. The first kappa shape index (κ1) is 19.7. The normalized spacial score (nSPS) is 10.8. The van der Waals surface area contributed by atoms with Gasteiger partial charge in [0.25, 0.3) is 5.91 Å². The summed E-state index contributed by atoms with van der Waals surface area (Å²) in [4.78, 5) is 12.5. The van der Waals surface area contributed by atoms with Crippen LogP contribution in [0.3, 0.4) is 0 Å². The maximum atomic E-state index is 12.5. The maximum Gasteiger partial charge on any atom is 0.275 e. The Balaban J connectivity index is 1.69. The van der Waals surface area contributed by atoms with Gasteiger partial charge < -0.3 is 9.84 Å². The summed E-state index contributed by atoms with van der Waals surface area (Å²) in [5.74, 6) is -0.184. The summed E-state index contributed by atoms with van der Waals surface area (Å²) >= 11 is 11.8. The number of aromatic hydroxyl groups is 1. The molecule has 3 aromatic carbocycles. The summed E-state index contributed by atoms with van der Waals surface area (Å²) in [5, 5.41) is 14.2. The van der Waals surface area contributed by atoms with Gasteiger partial charge in [-0.15, -0.1) is 0 Å². The van der Waals surface area contributed by atoms with E-state index in [4.69, 9.17) is 27.9 Å². The topological polar surface area (TPSA) is 70.9 Å². The Hall–Kier alpha value is -3.02. The first-order valence-corrected chi connectivity index (χ1v) is 9.07. The minimum Gasteiger partial charge on any atom is -0.506 e. The van der Waals surface area contributed by atoms with Crippen molar-refractivity contribution >= 4 is 35.3 Å². The Labute approximate surface area is 172 Å². The quantitative estimate of drug-likeness (QED) is 0.438. The van der Waals surface area contributed by atoms with E-state index in [9.17, 15) is 9.90 Å². The molecule has 0 aliphatic carbocycles. The minimum absolute atomic E-state index is 0.0972. The lowest BCUT2D eigenvalue weighted by Gasteiger charge is -2.10. The molecule has 0 heterocycles. The Morgan fingerprint density at radius 2 is 1.79 bits per heavy atom. The molecule has 0 radical (unpaired) electrons. The number of phenolic OH excluding ortho intramolecular Hbond substituents is 1. The third kappa shape index (κ3) is 5.03. The largest absolute Gasteiger partial charge is 0.506 e. The van der Waals surface area contributed by atoms with Gasteiger partial charge in [-0.05, 0) is 29.8 Å². The van der Waals surface area contributed by atoms with Gasteiger partial charge in [-0.25, -0.2) is 5.43 Å². The molecular formula is C21H16Cl2N2O3. The van der Waals surface area contributed by atoms with Crippen molar-refractivity contribution in [3.63, 3.8) is 0 Å². The number of carbonyl (C=O) groups excluding carboxylic acids is 1. The zero-order chi connectivity index (χ0) is 19.9. The predicted molar refractivity (Wildman–Crippen MR) is 110 cm³/mol. The number of halogens is 2. The summed E-state index contributed by atoms with van der Waals surface area (Å²) in [6, 6.07) is 19.4. The third-order valence-electron chi connectivity index (χ3n) is 3.80.